The third-order valence-electron chi connectivity index (χ3n) is 3.46. The number of aromatic nitrogens is 1. The van der Waals surface area contributed by atoms with E-state index in [1.54, 1.807) is 18.2 Å². The lowest BCUT2D eigenvalue weighted by atomic mass is 10.2. The maximum absolute atomic E-state index is 12.2. The molecule has 0 saturated carbocycles. The van der Waals surface area contributed by atoms with E-state index in [1.165, 1.54) is 0 Å². The summed E-state index contributed by atoms with van der Waals surface area (Å²) < 4.78 is 0. The van der Waals surface area contributed by atoms with Crippen LogP contribution >= 0.6 is 23.2 Å². The van der Waals surface area contributed by atoms with Gasteiger partial charge in [0.15, 0.2) is 0 Å². The largest absolute Gasteiger partial charge is 0.358 e. The lowest BCUT2D eigenvalue weighted by Crippen LogP contribution is -2.26. The third-order valence-corrected chi connectivity index (χ3v) is 4.09. The zero-order chi connectivity index (χ0) is 15.5. The molecule has 1 amide bonds. The Labute approximate surface area is 138 Å². The number of para-hydroxylation sites is 1. The minimum Gasteiger partial charge on any atom is -0.358 e. The van der Waals surface area contributed by atoms with Gasteiger partial charge in [-0.1, -0.05) is 47.5 Å². The van der Waals surface area contributed by atoms with Crippen molar-refractivity contribution in [2.45, 2.75) is 6.42 Å². The summed E-state index contributed by atoms with van der Waals surface area (Å²) in [5.41, 5.74) is 2.49. The molecule has 0 unspecified atom stereocenters. The molecule has 0 aliphatic rings. The van der Waals surface area contributed by atoms with E-state index >= 15 is 0 Å². The van der Waals surface area contributed by atoms with E-state index in [4.69, 9.17) is 23.2 Å². The van der Waals surface area contributed by atoms with E-state index in [1.807, 2.05) is 18.2 Å². The third kappa shape index (κ3) is 3.11. The quantitative estimate of drug-likeness (QED) is 0.728. The number of carbonyl (C=O) groups is 1. The first kappa shape index (κ1) is 14.9. The first-order valence-corrected chi connectivity index (χ1v) is 7.69. The van der Waals surface area contributed by atoms with Crippen molar-refractivity contribution in [3.8, 4) is 0 Å². The number of fused-ring (bicyclic) bond motifs is 1. The predicted octanol–water partition coefficient (Wildman–Crippen LogP) is 4.45. The molecule has 0 aliphatic heterocycles. The monoisotopic (exact) mass is 332 g/mol. The summed E-state index contributed by atoms with van der Waals surface area (Å²) in [6.45, 7) is 0.507. The number of aromatic amines is 1. The summed E-state index contributed by atoms with van der Waals surface area (Å²) in [5.74, 6) is -0.258. The number of hydrogen-bond acceptors (Lipinski definition) is 1. The topological polar surface area (TPSA) is 44.9 Å². The molecule has 3 nitrogen and oxygen atoms in total. The van der Waals surface area contributed by atoms with Gasteiger partial charge in [-0.25, -0.2) is 0 Å². The first-order chi connectivity index (χ1) is 10.6. The van der Waals surface area contributed by atoms with Gasteiger partial charge in [0.05, 0.1) is 15.6 Å². The van der Waals surface area contributed by atoms with Crippen LogP contribution in [0.5, 0.6) is 0 Å². The van der Waals surface area contributed by atoms with Crippen LogP contribution in [0.4, 0.5) is 0 Å². The maximum atomic E-state index is 12.2. The van der Waals surface area contributed by atoms with Crippen LogP contribution in [0.3, 0.4) is 0 Å². The standard InChI is InChI=1S/C17H14Cl2N2O/c18-13-5-3-6-14(19)16(13)17(22)20-9-8-12-10-11-4-1-2-7-15(11)21-12/h1-7,10,21H,8-9H2,(H,20,22). The molecule has 0 radical (unpaired) electrons. The van der Waals surface area contributed by atoms with Gasteiger partial charge in [-0.15, -0.1) is 0 Å². The zero-order valence-corrected chi connectivity index (χ0v) is 13.2. The number of benzene rings is 2. The van der Waals surface area contributed by atoms with Gasteiger partial charge in [0.25, 0.3) is 5.91 Å². The maximum Gasteiger partial charge on any atom is 0.254 e. The summed E-state index contributed by atoms with van der Waals surface area (Å²) in [5, 5.41) is 4.72. The number of nitrogens with one attached hydrogen (secondary N) is 2. The van der Waals surface area contributed by atoms with Gasteiger partial charge in [-0.2, -0.15) is 0 Å². The molecule has 112 valence electrons. The highest BCUT2D eigenvalue weighted by Crippen LogP contribution is 2.24. The molecule has 22 heavy (non-hydrogen) atoms. The van der Waals surface area contributed by atoms with Gasteiger partial charge in [-0.05, 0) is 29.7 Å². The summed E-state index contributed by atoms with van der Waals surface area (Å²) in [6.07, 6.45) is 0.711. The van der Waals surface area contributed by atoms with Gasteiger partial charge in [0, 0.05) is 24.2 Å². The normalized spacial score (nSPS) is 10.8. The highest BCUT2D eigenvalue weighted by Gasteiger charge is 2.13. The fraction of sp³-hybridized carbons (Fsp3) is 0.118. The minimum absolute atomic E-state index is 0.258. The van der Waals surface area contributed by atoms with Crippen LogP contribution in [0.2, 0.25) is 10.0 Å². The summed E-state index contributed by atoms with van der Waals surface area (Å²) in [6, 6.07) is 15.2. The fourth-order valence-electron chi connectivity index (χ4n) is 2.38. The molecule has 0 saturated heterocycles. The highest BCUT2D eigenvalue weighted by atomic mass is 35.5. The Morgan fingerprint density at radius 2 is 1.77 bits per heavy atom. The summed E-state index contributed by atoms with van der Waals surface area (Å²) in [7, 11) is 0. The van der Waals surface area contributed by atoms with E-state index in [-0.39, 0.29) is 5.91 Å². The van der Waals surface area contributed by atoms with Crippen LogP contribution in [0.1, 0.15) is 16.1 Å². The molecule has 5 heteroatoms. The van der Waals surface area contributed by atoms with Crippen LogP contribution in [-0.2, 0) is 6.42 Å². The molecule has 0 atom stereocenters. The van der Waals surface area contributed by atoms with Crippen LogP contribution in [0.25, 0.3) is 10.9 Å². The number of rotatable bonds is 4. The molecular formula is C17H14Cl2N2O. The van der Waals surface area contributed by atoms with Gasteiger partial charge in [0.2, 0.25) is 0 Å². The average molecular weight is 333 g/mol. The Morgan fingerprint density at radius 3 is 2.50 bits per heavy atom. The second kappa shape index (κ2) is 6.42. The molecule has 3 aromatic rings. The molecule has 1 heterocycles. The van der Waals surface area contributed by atoms with Crippen molar-refractivity contribution in [1.29, 1.82) is 0 Å². The number of H-pyrrole nitrogens is 1. The van der Waals surface area contributed by atoms with Gasteiger partial charge >= 0.3 is 0 Å². The average Bonchev–Trinajstić information content (AvgIpc) is 2.89. The first-order valence-electron chi connectivity index (χ1n) is 6.94. The van der Waals surface area contributed by atoms with Gasteiger partial charge < -0.3 is 10.3 Å². The van der Waals surface area contributed by atoms with E-state index in [2.05, 4.69) is 22.4 Å². The molecular weight excluding hydrogens is 319 g/mol. The van der Waals surface area contributed by atoms with Gasteiger partial charge in [-0.3, -0.25) is 4.79 Å². The summed E-state index contributed by atoms with van der Waals surface area (Å²) in [4.78, 5) is 15.5. The van der Waals surface area contributed by atoms with Crippen molar-refractivity contribution in [3.63, 3.8) is 0 Å². The van der Waals surface area contributed by atoms with Gasteiger partial charge in [0.1, 0.15) is 0 Å². The van der Waals surface area contributed by atoms with Crippen molar-refractivity contribution >= 4 is 40.0 Å². The molecule has 3 rings (SSSR count). The van der Waals surface area contributed by atoms with Crippen molar-refractivity contribution in [3.05, 3.63) is 69.8 Å². The van der Waals surface area contributed by atoms with Crippen LogP contribution in [-0.4, -0.2) is 17.4 Å². The Morgan fingerprint density at radius 1 is 1.05 bits per heavy atom. The smallest absolute Gasteiger partial charge is 0.254 e. The Kier molecular flexibility index (Phi) is 4.36. The molecule has 0 bridgehead atoms. The van der Waals surface area contributed by atoms with E-state index in [9.17, 15) is 4.79 Å². The van der Waals surface area contributed by atoms with Crippen LogP contribution < -0.4 is 5.32 Å². The Hall–Kier alpha value is -1.97. The van der Waals surface area contributed by atoms with E-state index < -0.39 is 0 Å². The van der Waals surface area contributed by atoms with Crippen LogP contribution in [0, 0.1) is 0 Å². The predicted molar refractivity (Wildman–Crippen MR) is 90.8 cm³/mol. The molecule has 2 aromatic carbocycles. The number of amides is 1. The minimum atomic E-state index is -0.258. The molecule has 0 fully saturated rings. The summed E-state index contributed by atoms with van der Waals surface area (Å²) >= 11 is 12.0. The highest BCUT2D eigenvalue weighted by molar-refractivity contribution is 6.39. The van der Waals surface area contributed by atoms with Crippen LogP contribution in [0.15, 0.2) is 48.5 Å². The lowest BCUT2D eigenvalue weighted by Gasteiger charge is -2.07. The molecule has 0 aliphatic carbocycles. The fourth-order valence-corrected chi connectivity index (χ4v) is 2.95. The lowest BCUT2D eigenvalue weighted by molar-refractivity contribution is 0.0954. The molecule has 0 spiro atoms. The SMILES string of the molecule is O=C(NCCc1cc2ccccc2[nH]1)c1c(Cl)cccc1Cl. The number of hydrogen-bond donors (Lipinski definition) is 2. The molecule has 2 N–H and O–H groups in total. The zero-order valence-electron chi connectivity index (χ0n) is 11.7. The molecule has 1 aromatic heterocycles. The van der Waals surface area contributed by atoms with E-state index in [0.29, 0.717) is 28.6 Å². The second-order valence-corrected chi connectivity index (χ2v) is 5.80. The number of carbonyl (C=O) groups excluding carboxylic acids is 1. The van der Waals surface area contributed by atoms with E-state index in [0.717, 1.165) is 16.6 Å². The second-order valence-electron chi connectivity index (χ2n) is 4.98. The Balaban J connectivity index is 1.64. The van der Waals surface area contributed by atoms with Crippen molar-refractivity contribution in [2.75, 3.05) is 6.54 Å². The van der Waals surface area contributed by atoms with Crippen molar-refractivity contribution in [2.24, 2.45) is 0 Å². The van der Waals surface area contributed by atoms with Crippen molar-refractivity contribution in [1.82, 2.24) is 10.3 Å². The van der Waals surface area contributed by atoms with Crippen molar-refractivity contribution < 1.29 is 4.79 Å². The number of halogens is 2. The Bertz CT molecular complexity index is 773.